The van der Waals surface area contributed by atoms with Crippen LogP contribution in [0.1, 0.15) is 37.5 Å². The molecule has 0 spiro atoms. The van der Waals surface area contributed by atoms with Crippen LogP contribution in [-0.2, 0) is 31.4 Å². The number of fused-ring (bicyclic) bond motifs is 2. The Bertz CT molecular complexity index is 1350. The van der Waals surface area contributed by atoms with Crippen LogP contribution in [0.15, 0.2) is 61.1 Å². The standard InChI is InChI=1S/C27H29N5O2/c1-27(2,3)34-26(33)32-16-21-22(17-32)24(19-10-12-28-25-20(19)11-13-31(25)4)30-15-23(21)29-14-18-8-6-5-7-9-18/h5-13,15,29H,14,16-17H2,1-4H3. The minimum Gasteiger partial charge on any atom is -0.444 e. The van der Waals surface area contributed by atoms with Gasteiger partial charge in [0.15, 0.2) is 0 Å². The maximum absolute atomic E-state index is 12.9. The molecule has 0 fully saturated rings. The van der Waals surface area contributed by atoms with Gasteiger partial charge in [-0.05, 0) is 38.5 Å². The van der Waals surface area contributed by atoms with Crippen LogP contribution in [0.2, 0.25) is 0 Å². The molecule has 0 saturated heterocycles. The molecule has 0 atom stereocenters. The molecule has 3 aromatic heterocycles. The van der Waals surface area contributed by atoms with Gasteiger partial charge in [0.2, 0.25) is 0 Å². The molecule has 0 bridgehead atoms. The maximum Gasteiger partial charge on any atom is 0.410 e. The quantitative estimate of drug-likeness (QED) is 0.440. The SMILES string of the molecule is Cn1ccc2c(-c3ncc(NCc4ccccc4)c4c3CN(C(=O)OC(C)(C)C)C4)ccnc21. The zero-order valence-electron chi connectivity index (χ0n) is 20.0. The van der Waals surface area contributed by atoms with Crippen molar-refractivity contribution in [3.05, 3.63) is 77.7 Å². The number of carbonyl (C=O) groups is 1. The topological polar surface area (TPSA) is 72.3 Å². The second-order valence-corrected chi connectivity index (χ2v) is 9.68. The van der Waals surface area contributed by atoms with Gasteiger partial charge in [-0.25, -0.2) is 9.78 Å². The maximum atomic E-state index is 12.9. The summed E-state index contributed by atoms with van der Waals surface area (Å²) in [5.41, 5.74) is 6.49. The summed E-state index contributed by atoms with van der Waals surface area (Å²) in [5.74, 6) is 0. The molecule has 7 heteroatoms. The summed E-state index contributed by atoms with van der Waals surface area (Å²) in [6.07, 6.45) is 5.38. The number of nitrogens with zero attached hydrogens (tertiary/aromatic N) is 4. The van der Waals surface area contributed by atoms with Gasteiger partial charge in [-0.15, -0.1) is 0 Å². The highest BCUT2D eigenvalue weighted by Gasteiger charge is 2.32. The average Bonchev–Trinajstić information content (AvgIpc) is 3.42. The molecule has 174 valence electrons. The van der Waals surface area contributed by atoms with E-state index in [1.165, 1.54) is 5.56 Å². The summed E-state index contributed by atoms with van der Waals surface area (Å²) in [6.45, 7) is 7.26. The van der Waals surface area contributed by atoms with Crippen LogP contribution < -0.4 is 5.32 Å². The molecular formula is C27H29N5O2. The second kappa shape index (κ2) is 8.48. The lowest BCUT2D eigenvalue weighted by atomic mass is 10.0. The minimum absolute atomic E-state index is 0.316. The van der Waals surface area contributed by atoms with Crippen LogP contribution >= 0.6 is 0 Å². The number of hydrogen-bond acceptors (Lipinski definition) is 5. The number of amides is 1. The number of hydrogen-bond donors (Lipinski definition) is 1. The number of anilines is 1. The molecule has 5 rings (SSSR count). The minimum atomic E-state index is -0.553. The van der Waals surface area contributed by atoms with Crippen molar-refractivity contribution in [3.8, 4) is 11.3 Å². The van der Waals surface area contributed by atoms with Gasteiger partial charge in [0.1, 0.15) is 11.2 Å². The first-order valence-corrected chi connectivity index (χ1v) is 11.5. The van der Waals surface area contributed by atoms with Crippen molar-refractivity contribution < 1.29 is 9.53 Å². The average molecular weight is 456 g/mol. The Balaban J connectivity index is 1.54. The Labute approximate surface area is 199 Å². The van der Waals surface area contributed by atoms with Crippen molar-refractivity contribution in [1.82, 2.24) is 19.4 Å². The van der Waals surface area contributed by atoms with E-state index in [-0.39, 0.29) is 6.09 Å². The van der Waals surface area contributed by atoms with Crippen LogP contribution in [0.25, 0.3) is 22.3 Å². The Kier molecular flexibility index (Phi) is 5.48. The predicted molar refractivity (Wildman–Crippen MR) is 133 cm³/mol. The number of ether oxygens (including phenoxy) is 1. The lowest BCUT2D eigenvalue weighted by Gasteiger charge is -2.24. The van der Waals surface area contributed by atoms with Crippen LogP contribution in [0.5, 0.6) is 0 Å². The monoisotopic (exact) mass is 455 g/mol. The molecule has 1 aliphatic rings. The van der Waals surface area contributed by atoms with E-state index in [0.717, 1.165) is 39.1 Å². The lowest BCUT2D eigenvalue weighted by Crippen LogP contribution is -2.33. The highest BCUT2D eigenvalue weighted by molar-refractivity contribution is 5.93. The van der Waals surface area contributed by atoms with Gasteiger partial charge in [0, 0.05) is 48.1 Å². The molecule has 1 N–H and O–H groups in total. The smallest absolute Gasteiger partial charge is 0.410 e. The van der Waals surface area contributed by atoms with E-state index in [0.29, 0.717) is 19.6 Å². The van der Waals surface area contributed by atoms with Crippen LogP contribution in [0, 0.1) is 0 Å². The Morgan fingerprint density at radius 1 is 1.06 bits per heavy atom. The third-order valence-corrected chi connectivity index (χ3v) is 6.00. The van der Waals surface area contributed by atoms with Gasteiger partial charge in [-0.3, -0.25) is 9.88 Å². The van der Waals surface area contributed by atoms with E-state index in [1.807, 2.05) is 75.2 Å². The van der Waals surface area contributed by atoms with Gasteiger partial charge >= 0.3 is 6.09 Å². The van der Waals surface area contributed by atoms with Crippen LogP contribution in [0.4, 0.5) is 10.5 Å². The molecule has 1 aromatic carbocycles. The largest absolute Gasteiger partial charge is 0.444 e. The van der Waals surface area contributed by atoms with E-state index < -0.39 is 5.60 Å². The van der Waals surface area contributed by atoms with Crippen molar-refractivity contribution in [2.24, 2.45) is 7.05 Å². The summed E-state index contributed by atoms with van der Waals surface area (Å²) >= 11 is 0. The molecule has 4 aromatic rings. The highest BCUT2D eigenvalue weighted by Crippen LogP contribution is 2.38. The third-order valence-electron chi connectivity index (χ3n) is 6.00. The first-order valence-electron chi connectivity index (χ1n) is 11.5. The molecule has 1 amide bonds. The van der Waals surface area contributed by atoms with Gasteiger partial charge in [-0.1, -0.05) is 30.3 Å². The summed E-state index contributed by atoms with van der Waals surface area (Å²) in [4.78, 5) is 24.1. The van der Waals surface area contributed by atoms with E-state index in [1.54, 1.807) is 4.90 Å². The molecular weight excluding hydrogens is 426 g/mol. The number of carbonyl (C=O) groups excluding carboxylic acids is 1. The van der Waals surface area contributed by atoms with Crippen molar-refractivity contribution in [1.29, 1.82) is 0 Å². The molecule has 0 unspecified atom stereocenters. The fourth-order valence-electron chi connectivity index (χ4n) is 4.38. The summed E-state index contributed by atoms with van der Waals surface area (Å²) in [7, 11) is 1.98. The highest BCUT2D eigenvalue weighted by atomic mass is 16.6. The van der Waals surface area contributed by atoms with Crippen molar-refractivity contribution in [3.63, 3.8) is 0 Å². The van der Waals surface area contributed by atoms with Crippen molar-refractivity contribution >= 4 is 22.8 Å². The Hall–Kier alpha value is -3.87. The van der Waals surface area contributed by atoms with Gasteiger partial charge < -0.3 is 14.6 Å². The number of aryl methyl sites for hydroxylation is 1. The van der Waals surface area contributed by atoms with Gasteiger partial charge in [0.25, 0.3) is 0 Å². The van der Waals surface area contributed by atoms with Crippen molar-refractivity contribution in [2.45, 2.75) is 46.0 Å². The number of rotatable bonds is 4. The van der Waals surface area contributed by atoms with E-state index >= 15 is 0 Å². The molecule has 34 heavy (non-hydrogen) atoms. The van der Waals surface area contributed by atoms with E-state index in [4.69, 9.17) is 9.72 Å². The summed E-state index contributed by atoms with van der Waals surface area (Å²) in [5, 5.41) is 4.57. The first-order chi connectivity index (χ1) is 16.3. The lowest BCUT2D eigenvalue weighted by molar-refractivity contribution is 0.0242. The molecule has 1 aliphatic heterocycles. The second-order valence-electron chi connectivity index (χ2n) is 9.68. The van der Waals surface area contributed by atoms with Crippen LogP contribution in [-0.4, -0.2) is 31.1 Å². The van der Waals surface area contributed by atoms with E-state index in [2.05, 4.69) is 28.5 Å². The molecule has 0 radical (unpaired) electrons. The van der Waals surface area contributed by atoms with Crippen molar-refractivity contribution in [2.75, 3.05) is 5.32 Å². The number of benzene rings is 1. The number of nitrogens with one attached hydrogen (secondary N) is 1. The zero-order chi connectivity index (χ0) is 23.9. The van der Waals surface area contributed by atoms with Crippen LogP contribution in [0.3, 0.4) is 0 Å². The molecule has 4 heterocycles. The third kappa shape index (κ3) is 4.21. The van der Waals surface area contributed by atoms with Gasteiger partial charge in [0.05, 0.1) is 30.7 Å². The first kappa shape index (κ1) is 21.9. The number of aromatic nitrogens is 3. The summed E-state index contributed by atoms with van der Waals surface area (Å²) < 4.78 is 7.68. The zero-order valence-corrected chi connectivity index (χ0v) is 20.0. The predicted octanol–water partition coefficient (Wildman–Crippen LogP) is 5.50. The number of pyridine rings is 2. The Morgan fingerprint density at radius 2 is 1.82 bits per heavy atom. The van der Waals surface area contributed by atoms with Gasteiger partial charge in [-0.2, -0.15) is 0 Å². The molecule has 0 aliphatic carbocycles. The molecule has 0 saturated carbocycles. The summed E-state index contributed by atoms with van der Waals surface area (Å²) in [6, 6.07) is 14.3. The normalized spacial score (nSPS) is 13.2. The Morgan fingerprint density at radius 3 is 2.59 bits per heavy atom. The fraction of sp³-hybridized carbons (Fsp3) is 0.296. The van der Waals surface area contributed by atoms with E-state index in [9.17, 15) is 4.79 Å². The molecule has 7 nitrogen and oxygen atoms in total. The fourth-order valence-corrected chi connectivity index (χ4v) is 4.38.